The van der Waals surface area contributed by atoms with E-state index in [1.165, 1.54) is 25.7 Å². The summed E-state index contributed by atoms with van der Waals surface area (Å²) in [5.74, 6) is 0. The third kappa shape index (κ3) is 2.53. The summed E-state index contributed by atoms with van der Waals surface area (Å²) < 4.78 is 5.00. The van der Waals surface area contributed by atoms with E-state index in [9.17, 15) is 0 Å². The molecule has 1 heteroatoms. The molecule has 0 aromatic heterocycles. The van der Waals surface area contributed by atoms with Gasteiger partial charge in [0.25, 0.3) is 0 Å². The van der Waals surface area contributed by atoms with Crippen LogP contribution >= 0.6 is 0 Å². The smallest absolute Gasteiger partial charge is 0.0499 e. The summed E-state index contributed by atoms with van der Waals surface area (Å²) >= 11 is 0. The number of hydrogen-bond donors (Lipinski definition) is 0. The Kier molecular flexibility index (Phi) is 3.52. The van der Waals surface area contributed by atoms with Crippen LogP contribution in [0, 0.1) is 0 Å². The summed E-state index contributed by atoms with van der Waals surface area (Å²) in [6.07, 6.45) is 8.90. The molecular weight excluding hydrogens is 124 g/mol. The van der Waals surface area contributed by atoms with Crippen LogP contribution in [-0.2, 0) is 4.74 Å². The van der Waals surface area contributed by atoms with Gasteiger partial charge < -0.3 is 4.74 Å². The van der Waals surface area contributed by atoms with E-state index in [0.717, 1.165) is 13.0 Å². The van der Waals surface area contributed by atoms with Gasteiger partial charge in [-0.3, -0.25) is 0 Å². The monoisotopic (exact) mass is 140 g/mol. The fourth-order valence-electron chi connectivity index (χ4n) is 1.36. The molecule has 0 saturated carbocycles. The van der Waals surface area contributed by atoms with Crippen LogP contribution < -0.4 is 0 Å². The van der Waals surface area contributed by atoms with Crippen LogP contribution in [0.15, 0.2) is 11.6 Å². The van der Waals surface area contributed by atoms with E-state index >= 15 is 0 Å². The van der Waals surface area contributed by atoms with Crippen molar-refractivity contribution >= 4 is 0 Å². The van der Waals surface area contributed by atoms with Crippen LogP contribution in [0.25, 0.3) is 0 Å². The van der Waals surface area contributed by atoms with Gasteiger partial charge >= 0.3 is 0 Å². The summed E-state index contributed by atoms with van der Waals surface area (Å²) in [6, 6.07) is 0. The number of hydrogen-bond acceptors (Lipinski definition) is 1. The highest BCUT2D eigenvalue weighted by Gasteiger charge is 2.01. The summed E-state index contributed by atoms with van der Waals surface area (Å²) in [5.41, 5.74) is 1.60. The molecule has 0 bridgehead atoms. The van der Waals surface area contributed by atoms with E-state index in [-0.39, 0.29) is 0 Å². The average molecular weight is 140 g/mol. The van der Waals surface area contributed by atoms with E-state index in [1.54, 1.807) is 12.7 Å². The van der Waals surface area contributed by atoms with Gasteiger partial charge in [0.05, 0.1) is 0 Å². The van der Waals surface area contributed by atoms with E-state index in [2.05, 4.69) is 6.08 Å². The lowest BCUT2D eigenvalue weighted by Gasteiger charge is -2.11. The second-order valence-electron chi connectivity index (χ2n) is 2.85. The maximum atomic E-state index is 5.00. The lowest BCUT2D eigenvalue weighted by atomic mass is 9.98. The summed E-state index contributed by atoms with van der Waals surface area (Å²) in [4.78, 5) is 0. The Bertz CT molecular complexity index is 116. The van der Waals surface area contributed by atoms with E-state index in [0.29, 0.717) is 0 Å². The molecule has 0 unspecified atom stereocenters. The Hall–Kier alpha value is -0.300. The van der Waals surface area contributed by atoms with Crippen molar-refractivity contribution < 1.29 is 4.74 Å². The maximum absolute atomic E-state index is 5.00. The molecule has 0 saturated heterocycles. The lowest BCUT2D eigenvalue weighted by molar-refractivity contribution is 0.201. The van der Waals surface area contributed by atoms with Gasteiger partial charge in [0.1, 0.15) is 0 Å². The standard InChI is InChI=1S/C9H16O/c1-10-8-7-9-5-3-2-4-6-9/h5H,2-4,6-8H2,1H3. The molecule has 58 valence electrons. The Labute approximate surface area is 63.1 Å². The van der Waals surface area contributed by atoms with Crippen LogP contribution in [0.3, 0.4) is 0 Å². The highest BCUT2D eigenvalue weighted by atomic mass is 16.5. The first-order chi connectivity index (χ1) is 4.93. The minimum atomic E-state index is 0.895. The third-order valence-corrected chi connectivity index (χ3v) is 2.01. The normalized spacial score (nSPS) is 18.7. The first kappa shape index (κ1) is 7.80. The molecule has 1 nitrogen and oxygen atoms in total. The first-order valence-electron chi connectivity index (χ1n) is 4.10. The molecule has 10 heavy (non-hydrogen) atoms. The zero-order valence-corrected chi connectivity index (χ0v) is 6.73. The van der Waals surface area contributed by atoms with Crippen LogP contribution in [-0.4, -0.2) is 13.7 Å². The van der Waals surface area contributed by atoms with Gasteiger partial charge in [-0.15, -0.1) is 0 Å². The zero-order valence-electron chi connectivity index (χ0n) is 6.73. The van der Waals surface area contributed by atoms with Gasteiger partial charge in [-0.1, -0.05) is 11.6 Å². The van der Waals surface area contributed by atoms with Gasteiger partial charge in [-0.05, 0) is 32.1 Å². The summed E-state index contributed by atoms with van der Waals surface area (Å²) in [6.45, 7) is 0.895. The lowest BCUT2D eigenvalue weighted by Crippen LogP contribution is -1.96. The van der Waals surface area contributed by atoms with Crippen LogP contribution in [0.4, 0.5) is 0 Å². The molecule has 1 rings (SSSR count). The molecule has 1 aliphatic carbocycles. The third-order valence-electron chi connectivity index (χ3n) is 2.01. The zero-order chi connectivity index (χ0) is 7.23. The second-order valence-corrected chi connectivity index (χ2v) is 2.85. The Morgan fingerprint density at radius 3 is 3.00 bits per heavy atom. The molecule has 0 fully saturated rings. The van der Waals surface area contributed by atoms with Crippen molar-refractivity contribution in [2.24, 2.45) is 0 Å². The maximum Gasteiger partial charge on any atom is 0.0499 e. The van der Waals surface area contributed by atoms with Crippen LogP contribution in [0.1, 0.15) is 32.1 Å². The quantitative estimate of drug-likeness (QED) is 0.547. The average Bonchev–Trinajstić information content (AvgIpc) is 2.03. The van der Waals surface area contributed by atoms with Crippen molar-refractivity contribution in [3.8, 4) is 0 Å². The van der Waals surface area contributed by atoms with Crippen molar-refractivity contribution in [1.29, 1.82) is 0 Å². The molecule has 0 radical (unpaired) electrons. The molecule has 1 aliphatic rings. The first-order valence-corrected chi connectivity index (χ1v) is 4.10. The van der Waals surface area contributed by atoms with Gasteiger partial charge in [0.15, 0.2) is 0 Å². The largest absolute Gasteiger partial charge is 0.384 e. The minimum Gasteiger partial charge on any atom is -0.384 e. The molecule has 0 heterocycles. The highest BCUT2D eigenvalue weighted by Crippen LogP contribution is 2.19. The Balaban J connectivity index is 2.18. The fourth-order valence-corrected chi connectivity index (χ4v) is 1.36. The molecular formula is C9H16O. The molecule has 0 atom stereocenters. The number of rotatable bonds is 3. The van der Waals surface area contributed by atoms with Gasteiger partial charge in [0.2, 0.25) is 0 Å². The SMILES string of the molecule is COCCC1=CCCCC1. The number of allylic oxidation sites excluding steroid dienone is 1. The van der Waals surface area contributed by atoms with E-state index < -0.39 is 0 Å². The Morgan fingerprint density at radius 1 is 1.50 bits per heavy atom. The fraction of sp³-hybridized carbons (Fsp3) is 0.778. The molecule has 0 amide bonds. The highest BCUT2D eigenvalue weighted by molar-refractivity contribution is 5.04. The van der Waals surface area contributed by atoms with Crippen molar-refractivity contribution in [2.75, 3.05) is 13.7 Å². The Morgan fingerprint density at radius 2 is 2.40 bits per heavy atom. The van der Waals surface area contributed by atoms with Crippen molar-refractivity contribution in [3.63, 3.8) is 0 Å². The predicted molar refractivity (Wildman–Crippen MR) is 43.0 cm³/mol. The molecule has 0 aromatic carbocycles. The van der Waals surface area contributed by atoms with Crippen LogP contribution in [0.2, 0.25) is 0 Å². The van der Waals surface area contributed by atoms with Crippen molar-refractivity contribution in [2.45, 2.75) is 32.1 Å². The number of methoxy groups -OCH3 is 1. The van der Waals surface area contributed by atoms with Crippen LogP contribution in [0.5, 0.6) is 0 Å². The predicted octanol–water partition coefficient (Wildman–Crippen LogP) is 2.52. The van der Waals surface area contributed by atoms with Crippen molar-refractivity contribution in [3.05, 3.63) is 11.6 Å². The number of ether oxygens (including phenoxy) is 1. The van der Waals surface area contributed by atoms with Gasteiger partial charge in [-0.25, -0.2) is 0 Å². The molecule has 0 N–H and O–H groups in total. The summed E-state index contributed by atoms with van der Waals surface area (Å²) in [5, 5.41) is 0. The van der Waals surface area contributed by atoms with Gasteiger partial charge in [0, 0.05) is 13.7 Å². The summed E-state index contributed by atoms with van der Waals surface area (Å²) in [7, 11) is 1.77. The minimum absolute atomic E-state index is 0.895. The second kappa shape index (κ2) is 4.51. The van der Waals surface area contributed by atoms with Crippen molar-refractivity contribution in [1.82, 2.24) is 0 Å². The molecule has 0 aromatic rings. The van der Waals surface area contributed by atoms with Gasteiger partial charge in [-0.2, -0.15) is 0 Å². The molecule has 0 spiro atoms. The topological polar surface area (TPSA) is 9.23 Å². The van der Waals surface area contributed by atoms with E-state index in [4.69, 9.17) is 4.74 Å². The molecule has 0 aliphatic heterocycles. The van der Waals surface area contributed by atoms with E-state index in [1.807, 2.05) is 0 Å².